The Hall–Kier alpha value is -1.03. The van der Waals surface area contributed by atoms with E-state index in [-0.39, 0.29) is 0 Å². The lowest BCUT2D eigenvalue weighted by Crippen LogP contribution is -1.95. The molecule has 0 aliphatic rings. The molecule has 2 aromatic rings. The van der Waals surface area contributed by atoms with E-state index in [1.807, 2.05) is 12.1 Å². The molecule has 0 saturated heterocycles. The zero-order chi connectivity index (χ0) is 13.1. The van der Waals surface area contributed by atoms with Gasteiger partial charge in [0.25, 0.3) is 0 Å². The molecule has 0 amide bonds. The molecule has 0 heterocycles. The number of hydrogen-bond donors (Lipinski definition) is 1. The molecule has 0 aliphatic carbocycles. The highest BCUT2D eigenvalue weighted by Crippen LogP contribution is 2.27. The minimum atomic E-state index is 0.537. The molecule has 0 fully saturated rings. The number of carbonyl (C=O) groups excluding carboxylic acids is 1. The Labute approximate surface area is 123 Å². The second-order valence-electron chi connectivity index (χ2n) is 3.63. The maximum atomic E-state index is 11.0. The topological polar surface area (TPSA) is 29.1 Å². The lowest BCUT2D eigenvalue weighted by Gasteiger charge is -2.10. The molecule has 0 radical (unpaired) electrons. The smallest absolute Gasteiger partial charge is 0.152 e. The van der Waals surface area contributed by atoms with Crippen LogP contribution in [0.3, 0.4) is 0 Å². The van der Waals surface area contributed by atoms with Gasteiger partial charge >= 0.3 is 0 Å². The molecule has 2 aromatic carbocycles. The van der Waals surface area contributed by atoms with Crippen molar-refractivity contribution in [3.63, 3.8) is 0 Å². The SMILES string of the molecule is O=Cc1cc(Br)ccc1Nc1cc(Cl)cc(Cl)c1. The van der Waals surface area contributed by atoms with Crippen LogP contribution in [0.5, 0.6) is 0 Å². The fourth-order valence-corrected chi connectivity index (χ4v) is 2.43. The third kappa shape index (κ3) is 3.25. The summed E-state index contributed by atoms with van der Waals surface area (Å²) in [6.45, 7) is 0. The van der Waals surface area contributed by atoms with Crippen molar-refractivity contribution in [1.82, 2.24) is 0 Å². The van der Waals surface area contributed by atoms with Gasteiger partial charge in [-0.1, -0.05) is 39.1 Å². The van der Waals surface area contributed by atoms with Crippen LogP contribution < -0.4 is 5.32 Å². The average molecular weight is 345 g/mol. The first-order chi connectivity index (χ1) is 8.58. The van der Waals surface area contributed by atoms with Crippen molar-refractivity contribution in [2.24, 2.45) is 0 Å². The second kappa shape index (κ2) is 5.74. The summed E-state index contributed by atoms with van der Waals surface area (Å²) < 4.78 is 0.847. The largest absolute Gasteiger partial charge is 0.355 e. The number of anilines is 2. The molecule has 0 atom stereocenters. The van der Waals surface area contributed by atoms with Crippen LogP contribution in [0.15, 0.2) is 40.9 Å². The van der Waals surface area contributed by atoms with E-state index in [0.717, 1.165) is 16.4 Å². The molecule has 1 N–H and O–H groups in total. The number of hydrogen-bond acceptors (Lipinski definition) is 2. The summed E-state index contributed by atoms with van der Waals surface area (Å²) in [6.07, 6.45) is 0.791. The predicted octanol–water partition coefficient (Wildman–Crippen LogP) is 5.31. The number of benzene rings is 2. The van der Waals surface area contributed by atoms with Gasteiger partial charge in [-0.3, -0.25) is 4.79 Å². The maximum absolute atomic E-state index is 11.0. The molecule has 2 rings (SSSR count). The molecular formula is C13H8BrCl2NO. The lowest BCUT2D eigenvalue weighted by molar-refractivity contribution is 0.112. The Kier molecular flexibility index (Phi) is 4.27. The monoisotopic (exact) mass is 343 g/mol. The van der Waals surface area contributed by atoms with Gasteiger partial charge in [-0.15, -0.1) is 0 Å². The van der Waals surface area contributed by atoms with Gasteiger partial charge in [0, 0.05) is 31.5 Å². The zero-order valence-corrected chi connectivity index (χ0v) is 12.2. The van der Waals surface area contributed by atoms with Gasteiger partial charge in [-0.25, -0.2) is 0 Å². The van der Waals surface area contributed by atoms with Crippen molar-refractivity contribution < 1.29 is 4.79 Å². The summed E-state index contributed by atoms with van der Waals surface area (Å²) in [5, 5.41) is 4.18. The van der Waals surface area contributed by atoms with Crippen molar-refractivity contribution in [1.29, 1.82) is 0 Å². The summed E-state index contributed by atoms with van der Waals surface area (Å²) in [5.74, 6) is 0. The molecule has 0 aromatic heterocycles. The van der Waals surface area contributed by atoms with E-state index < -0.39 is 0 Å². The minimum Gasteiger partial charge on any atom is -0.355 e. The van der Waals surface area contributed by atoms with E-state index in [9.17, 15) is 4.79 Å². The molecule has 0 aliphatic heterocycles. The van der Waals surface area contributed by atoms with Crippen molar-refractivity contribution in [3.8, 4) is 0 Å². The Balaban J connectivity index is 2.36. The van der Waals surface area contributed by atoms with Crippen molar-refractivity contribution in [2.45, 2.75) is 0 Å². The number of aldehydes is 1. The molecule has 5 heteroatoms. The first-order valence-corrected chi connectivity index (χ1v) is 6.61. The minimum absolute atomic E-state index is 0.537. The highest BCUT2D eigenvalue weighted by Gasteiger charge is 2.04. The maximum Gasteiger partial charge on any atom is 0.152 e. The Morgan fingerprint density at radius 1 is 1.06 bits per heavy atom. The number of rotatable bonds is 3. The van der Waals surface area contributed by atoms with Crippen molar-refractivity contribution >= 4 is 56.8 Å². The summed E-state index contributed by atoms with van der Waals surface area (Å²) in [4.78, 5) is 11.0. The molecule has 92 valence electrons. The first-order valence-electron chi connectivity index (χ1n) is 5.06. The van der Waals surface area contributed by atoms with E-state index in [0.29, 0.717) is 21.3 Å². The van der Waals surface area contributed by atoms with Crippen LogP contribution in [0.1, 0.15) is 10.4 Å². The highest BCUT2D eigenvalue weighted by molar-refractivity contribution is 9.10. The quantitative estimate of drug-likeness (QED) is 0.764. The molecule has 0 saturated carbocycles. The van der Waals surface area contributed by atoms with E-state index in [1.165, 1.54) is 0 Å². The molecule has 18 heavy (non-hydrogen) atoms. The fraction of sp³-hybridized carbons (Fsp3) is 0. The van der Waals surface area contributed by atoms with Crippen molar-refractivity contribution in [2.75, 3.05) is 5.32 Å². The van der Waals surface area contributed by atoms with Gasteiger partial charge < -0.3 is 5.32 Å². The van der Waals surface area contributed by atoms with Gasteiger partial charge in [0.15, 0.2) is 6.29 Å². The van der Waals surface area contributed by atoms with Gasteiger partial charge in [-0.05, 0) is 36.4 Å². The zero-order valence-electron chi connectivity index (χ0n) is 9.08. The number of nitrogens with one attached hydrogen (secondary N) is 1. The van der Waals surface area contributed by atoms with Crippen LogP contribution in [-0.4, -0.2) is 6.29 Å². The third-order valence-electron chi connectivity index (χ3n) is 2.28. The summed E-state index contributed by atoms with van der Waals surface area (Å²) >= 11 is 15.1. The van der Waals surface area contributed by atoms with Gasteiger partial charge in [-0.2, -0.15) is 0 Å². The summed E-state index contributed by atoms with van der Waals surface area (Å²) in [6, 6.07) is 10.5. The number of carbonyl (C=O) groups is 1. The Morgan fingerprint density at radius 3 is 2.33 bits per heavy atom. The summed E-state index contributed by atoms with van der Waals surface area (Å²) in [5.41, 5.74) is 1.99. The third-order valence-corrected chi connectivity index (χ3v) is 3.21. The van der Waals surface area contributed by atoms with Gasteiger partial charge in [0.05, 0.1) is 0 Å². The van der Waals surface area contributed by atoms with E-state index in [2.05, 4.69) is 21.2 Å². The van der Waals surface area contributed by atoms with Crippen LogP contribution in [0.4, 0.5) is 11.4 Å². The average Bonchev–Trinajstić information content (AvgIpc) is 2.30. The Morgan fingerprint density at radius 2 is 1.72 bits per heavy atom. The molecule has 0 unspecified atom stereocenters. The fourth-order valence-electron chi connectivity index (χ4n) is 1.53. The van der Waals surface area contributed by atoms with Crippen LogP contribution in [0, 0.1) is 0 Å². The molecule has 2 nitrogen and oxygen atoms in total. The van der Waals surface area contributed by atoms with Crippen LogP contribution >= 0.6 is 39.1 Å². The second-order valence-corrected chi connectivity index (χ2v) is 5.42. The van der Waals surface area contributed by atoms with Crippen LogP contribution in [-0.2, 0) is 0 Å². The number of halogens is 3. The van der Waals surface area contributed by atoms with Crippen molar-refractivity contribution in [3.05, 3.63) is 56.5 Å². The van der Waals surface area contributed by atoms with E-state index >= 15 is 0 Å². The molecule has 0 bridgehead atoms. The normalized spacial score (nSPS) is 10.2. The standard InChI is InChI=1S/C13H8BrCl2NO/c14-9-1-2-13(8(3-9)7-18)17-12-5-10(15)4-11(16)6-12/h1-7,17H. The highest BCUT2D eigenvalue weighted by atomic mass is 79.9. The lowest BCUT2D eigenvalue weighted by atomic mass is 10.2. The van der Waals surface area contributed by atoms with Crippen LogP contribution in [0.25, 0.3) is 0 Å². The van der Waals surface area contributed by atoms with E-state index in [4.69, 9.17) is 23.2 Å². The molecular weight excluding hydrogens is 337 g/mol. The first kappa shape index (κ1) is 13.4. The molecule has 0 spiro atoms. The van der Waals surface area contributed by atoms with Gasteiger partial charge in [0.1, 0.15) is 0 Å². The Bertz CT molecular complexity index is 581. The summed E-state index contributed by atoms with van der Waals surface area (Å²) in [7, 11) is 0. The van der Waals surface area contributed by atoms with Crippen LogP contribution in [0.2, 0.25) is 10.0 Å². The predicted molar refractivity (Wildman–Crippen MR) is 79.3 cm³/mol. The van der Waals surface area contributed by atoms with E-state index in [1.54, 1.807) is 24.3 Å². The van der Waals surface area contributed by atoms with Gasteiger partial charge in [0.2, 0.25) is 0 Å².